The lowest BCUT2D eigenvalue weighted by Gasteiger charge is -2.32. The molecule has 2 saturated heterocycles. The van der Waals surface area contributed by atoms with Gasteiger partial charge >= 0.3 is 0 Å². The van der Waals surface area contributed by atoms with Crippen molar-refractivity contribution in [2.24, 2.45) is 0 Å². The van der Waals surface area contributed by atoms with Gasteiger partial charge in [0.15, 0.2) is 0 Å². The fourth-order valence-corrected chi connectivity index (χ4v) is 3.29. The third-order valence-electron chi connectivity index (χ3n) is 4.70. The van der Waals surface area contributed by atoms with Gasteiger partial charge in [0.2, 0.25) is 0 Å². The van der Waals surface area contributed by atoms with Crippen molar-refractivity contribution in [1.82, 2.24) is 4.90 Å². The SMILES string of the molecule is Nc1cc(C(=O)N2CCC(F)(F)CC2)cc(C2CCOCC2)c1. The summed E-state index contributed by atoms with van der Waals surface area (Å²) >= 11 is 0. The van der Waals surface area contributed by atoms with Crippen molar-refractivity contribution in [2.75, 3.05) is 32.0 Å². The summed E-state index contributed by atoms with van der Waals surface area (Å²) in [6.07, 6.45) is 1.28. The molecule has 4 nitrogen and oxygen atoms in total. The van der Waals surface area contributed by atoms with E-state index in [9.17, 15) is 13.6 Å². The number of hydrogen-bond acceptors (Lipinski definition) is 3. The zero-order valence-corrected chi connectivity index (χ0v) is 13.1. The summed E-state index contributed by atoms with van der Waals surface area (Å²) in [6, 6.07) is 5.40. The van der Waals surface area contributed by atoms with Crippen LogP contribution in [0.15, 0.2) is 18.2 Å². The number of carbonyl (C=O) groups excluding carboxylic acids is 1. The first-order valence-electron chi connectivity index (χ1n) is 8.10. The highest BCUT2D eigenvalue weighted by Crippen LogP contribution is 2.31. The maximum absolute atomic E-state index is 13.2. The molecule has 1 aromatic rings. The minimum absolute atomic E-state index is 0.0905. The summed E-state index contributed by atoms with van der Waals surface area (Å²) in [7, 11) is 0. The Morgan fingerprint density at radius 1 is 1.17 bits per heavy atom. The van der Waals surface area contributed by atoms with E-state index in [0.717, 1.165) is 18.4 Å². The van der Waals surface area contributed by atoms with Crippen molar-refractivity contribution in [3.63, 3.8) is 0 Å². The molecule has 0 atom stereocenters. The van der Waals surface area contributed by atoms with E-state index in [1.54, 1.807) is 6.07 Å². The van der Waals surface area contributed by atoms with Crippen molar-refractivity contribution < 1.29 is 18.3 Å². The van der Waals surface area contributed by atoms with Crippen LogP contribution >= 0.6 is 0 Å². The summed E-state index contributed by atoms with van der Waals surface area (Å²) in [5.41, 5.74) is 8.03. The maximum Gasteiger partial charge on any atom is 0.253 e. The molecule has 2 heterocycles. The molecule has 0 unspecified atom stereocenters. The van der Waals surface area contributed by atoms with E-state index in [1.807, 2.05) is 12.1 Å². The largest absolute Gasteiger partial charge is 0.399 e. The molecule has 0 aromatic heterocycles. The number of ether oxygens (including phenoxy) is 1. The van der Waals surface area contributed by atoms with E-state index < -0.39 is 5.92 Å². The van der Waals surface area contributed by atoms with Gasteiger partial charge in [0.1, 0.15) is 0 Å². The lowest BCUT2D eigenvalue weighted by molar-refractivity contribution is -0.0494. The minimum Gasteiger partial charge on any atom is -0.399 e. The van der Waals surface area contributed by atoms with Crippen molar-refractivity contribution in [1.29, 1.82) is 0 Å². The average molecular weight is 324 g/mol. The third kappa shape index (κ3) is 3.80. The van der Waals surface area contributed by atoms with Crippen LogP contribution in [0.4, 0.5) is 14.5 Å². The highest BCUT2D eigenvalue weighted by molar-refractivity contribution is 5.95. The van der Waals surface area contributed by atoms with Gasteiger partial charge in [-0.25, -0.2) is 8.78 Å². The molecule has 6 heteroatoms. The van der Waals surface area contributed by atoms with E-state index in [2.05, 4.69) is 0 Å². The number of likely N-dealkylation sites (tertiary alicyclic amines) is 1. The summed E-state index contributed by atoms with van der Waals surface area (Å²) in [5.74, 6) is -2.52. The Bertz CT molecular complexity index is 576. The van der Waals surface area contributed by atoms with E-state index in [0.29, 0.717) is 30.4 Å². The Kier molecular flexibility index (Phi) is 4.53. The van der Waals surface area contributed by atoms with Gasteiger partial charge in [0.25, 0.3) is 11.8 Å². The van der Waals surface area contributed by atoms with Crippen LogP contribution in [-0.2, 0) is 4.74 Å². The molecule has 0 aliphatic carbocycles. The van der Waals surface area contributed by atoms with Crippen LogP contribution in [-0.4, -0.2) is 43.0 Å². The quantitative estimate of drug-likeness (QED) is 0.851. The van der Waals surface area contributed by atoms with Crippen molar-refractivity contribution in [2.45, 2.75) is 37.5 Å². The summed E-state index contributed by atoms with van der Waals surface area (Å²) in [4.78, 5) is 14.1. The molecule has 0 saturated carbocycles. The molecule has 1 aromatic carbocycles. The van der Waals surface area contributed by atoms with Crippen LogP contribution in [0.5, 0.6) is 0 Å². The van der Waals surface area contributed by atoms with Gasteiger partial charge in [-0.15, -0.1) is 0 Å². The number of amides is 1. The number of rotatable bonds is 2. The zero-order chi connectivity index (χ0) is 16.4. The van der Waals surface area contributed by atoms with Crippen LogP contribution in [0.25, 0.3) is 0 Å². The predicted molar refractivity (Wildman–Crippen MR) is 83.7 cm³/mol. The zero-order valence-electron chi connectivity index (χ0n) is 13.1. The highest BCUT2D eigenvalue weighted by atomic mass is 19.3. The Hall–Kier alpha value is -1.69. The van der Waals surface area contributed by atoms with E-state index in [4.69, 9.17) is 10.5 Å². The Balaban J connectivity index is 1.76. The molecule has 2 aliphatic heterocycles. The second-order valence-electron chi connectivity index (χ2n) is 6.42. The van der Waals surface area contributed by atoms with E-state index >= 15 is 0 Å². The Morgan fingerprint density at radius 3 is 2.48 bits per heavy atom. The molecule has 2 fully saturated rings. The average Bonchev–Trinajstić information content (AvgIpc) is 2.54. The van der Waals surface area contributed by atoms with Gasteiger partial charge in [0, 0.05) is 50.4 Å². The molecule has 2 aliphatic rings. The first-order valence-corrected chi connectivity index (χ1v) is 8.10. The number of hydrogen-bond donors (Lipinski definition) is 1. The molecular weight excluding hydrogens is 302 g/mol. The van der Waals surface area contributed by atoms with Gasteiger partial charge in [0.05, 0.1) is 0 Å². The molecule has 1 amide bonds. The number of anilines is 1. The van der Waals surface area contributed by atoms with E-state index in [1.165, 1.54) is 4.90 Å². The summed E-state index contributed by atoms with van der Waals surface area (Å²) in [6.45, 7) is 1.61. The number of nitrogens with two attached hydrogens (primary N) is 1. The lowest BCUT2D eigenvalue weighted by Crippen LogP contribution is -2.42. The molecule has 0 spiro atoms. The lowest BCUT2D eigenvalue weighted by atomic mass is 9.90. The fraction of sp³-hybridized carbons (Fsp3) is 0.588. The molecular formula is C17H22F2N2O2. The predicted octanol–water partition coefficient (Wildman–Crippen LogP) is 3.03. The number of piperidine rings is 1. The molecule has 0 radical (unpaired) electrons. The van der Waals surface area contributed by atoms with Gasteiger partial charge in [-0.05, 0) is 42.5 Å². The first kappa shape index (κ1) is 16.2. The molecule has 0 bridgehead atoms. The van der Waals surface area contributed by atoms with Crippen LogP contribution in [0.3, 0.4) is 0 Å². The number of halogens is 2. The van der Waals surface area contributed by atoms with Gasteiger partial charge in [-0.1, -0.05) is 0 Å². The first-order chi connectivity index (χ1) is 10.9. The number of nitrogen functional groups attached to an aromatic ring is 1. The fourth-order valence-electron chi connectivity index (χ4n) is 3.29. The van der Waals surface area contributed by atoms with Crippen LogP contribution < -0.4 is 5.73 Å². The number of nitrogens with zero attached hydrogens (tertiary/aromatic N) is 1. The van der Waals surface area contributed by atoms with Gasteiger partial charge in [-0.3, -0.25) is 4.79 Å². The molecule has 126 valence electrons. The number of alkyl halides is 2. The number of benzene rings is 1. The normalized spacial score (nSPS) is 22.1. The third-order valence-corrected chi connectivity index (χ3v) is 4.70. The topological polar surface area (TPSA) is 55.6 Å². The smallest absolute Gasteiger partial charge is 0.253 e. The summed E-state index contributed by atoms with van der Waals surface area (Å²) in [5, 5.41) is 0. The van der Waals surface area contributed by atoms with E-state index in [-0.39, 0.29) is 31.8 Å². The molecule has 2 N–H and O–H groups in total. The van der Waals surface area contributed by atoms with Crippen molar-refractivity contribution in [3.8, 4) is 0 Å². The standard InChI is InChI=1S/C17H22F2N2O2/c18-17(19)3-5-21(6-4-17)16(22)14-9-13(10-15(20)11-14)12-1-7-23-8-2-12/h9-12H,1-8,20H2. The van der Waals surface area contributed by atoms with Crippen LogP contribution in [0.2, 0.25) is 0 Å². The summed E-state index contributed by atoms with van der Waals surface area (Å²) < 4.78 is 31.9. The van der Waals surface area contributed by atoms with Gasteiger partial charge in [-0.2, -0.15) is 0 Å². The maximum atomic E-state index is 13.2. The number of carbonyl (C=O) groups is 1. The monoisotopic (exact) mass is 324 g/mol. The minimum atomic E-state index is -2.65. The molecule has 3 rings (SSSR count). The van der Waals surface area contributed by atoms with Crippen molar-refractivity contribution >= 4 is 11.6 Å². The Labute approximate surface area is 134 Å². The molecule has 23 heavy (non-hydrogen) atoms. The van der Waals surface area contributed by atoms with Crippen LogP contribution in [0, 0.1) is 0 Å². The van der Waals surface area contributed by atoms with Gasteiger partial charge < -0.3 is 15.4 Å². The van der Waals surface area contributed by atoms with Crippen LogP contribution in [0.1, 0.15) is 47.5 Å². The Morgan fingerprint density at radius 2 is 1.83 bits per heavy atom. The van der Waals surface area contributed by atoms with Crippen molar-refractivity contribution in [3.05, 3.63) is 29.3 Å². The second kappa shape index (κ2) is 6.43. The second-order valence-corrected chi connectivity index (χ2v) is 6.42. The highest BCUT2D eigenvalue weighted by Gasteiger charge is 2.35.